The molecule has 0 aliphatic heterocycles. The second-order valence-electron chi connectivity index (χ2n) is 5.93. The monoisotopic (exact) mass is 371 g/mol. The summed E-state index contributed by atoms with van der Waals surface area (Å²) in [6.07, 6.45) is -0.696. The molecule has 0 radical (unpaired) electrons. The Hall–Kier alpha value is -3.35. The van der Waals surface area contributed by atoms with Crippen molar-refractivity contribution in [3.63, 3.8) is 0 Å². The van der Waals surface area contributed by atoms with Gasteiger partial charge in [0, 0.05) is 12.8 Å². The van der Waals surface area contributed by atoms with E-state index in [1.165, 1.54) is 18.2 Å². The van der Waals surface area contributed by atoms with Crippen molar-refractivity contribution in [1.82, 2.24) is 5.32 Å². The molecule has 2 aromatic rings. The van der Waals surface area contributed by atoms with Gasteiger partial charge in [-0.2, -0.15) is 0 Å². The zero-order chi connectivity index (χ0) is 19.8. The number of alkyl carbamates (subject to hydrolysis) is 1. The molecule has 7 heteroatoms. The maximum Gasteiger partial charge on any atom is 0.408 e. The number of aromatic hydroxyl groups is 1. The summed E-state index contributed by atoms with van der Waals surface area (Å²) in [5, 5.41) is 21.4. The number of carbonyl (C=O) groups is 3. The van der Waals surface area contributed by atoms with Crippen molar-refractivity contribution >= 4 is 17.8 Å². The quantitative estimate of drug-likeness (QED) is 0.615. The molecular weight excluding hydrogens is 350 g/mol. The van der Waals surface area contributed by atoms with E-state index in [4.69, 9.17) is 4.74 Å². The molecule has 0 saturated heterocycles. The molecule has 0 bridgehead atoms. The first kappa shape index (κ1) is 20.0. The highest BCUT2D eigenvalue weighted by atomic mass is 16.5. The average molecular weight is 371 g/mol. The Morgan fingerprint density at radius 1 is 1.07 bits per heavy atom. The van der Waals surface area contributed by atoms with Crippen LogP contribution in [-0.4, -0.2) is 34.1 Å². The van der Waals surface area contributed by atoms with Crippen LogP contribution in [0, 0.1) is 0 Å². The highest BCUT2D eigenvalue weighted by molar-refractivity contribution is 5.98. The Labute approximate surface area is 156 Å². The molecule has 2 aromatic carbocycles. The Morgan fingerprint density at radius 2 is 1.78 bits per heavy atom. The third kappa shape index (κ3) is 5.85. The number of aliphatic carboxylic acids is 1. The van der Waals surface area contributed by atoms with E-state index in [0.717, 1.165) is 5.56 Å². The van der Waals surface area contributed by atoms with Gasteiger partial charge in [0.15, 0.2) is 5.78 Å². The van der Waals surface area contributed by atoms with Crippen molar-refractivity contribution in [2.45, 2.75) is 32.4 Å². The molecule has 2 rings (SSSR count). The van der Waals surface area contributed by atoms with Crippen molar-refractivity contribution in [1.29, 1.82) is 0 Å². The van der Waals surface area contributed by atoms with Gasteiger partial charge in [0.1, 0.15) is 18.4 Å². The lowest BCUT2D eigenvalue weighted by Gasteiger charge is -2.15. The molecule has 0 aromatic heterocycles. The largest absolute Gasteiger partial charge is 0.507 e. The first-order valence-electron chi connectivity index (χ1n) is 8.45. The Bertz CT molecular complexity index is 818. The lowest BCUT2D eigenvalue weighted by atomic mass is 10.00. The lowest BCUT2D eigenvalue weighted by molar-refractivity contribution is -0.139. The smallest absolute Gasteiger partial charge is 0.408 e. The molecule has 0 aliphatic carbocycles. The van der Waals surface area contributed by atoms with Gasteiger partial charge < -0.3 is 20.3 Å². The van der Waals surface area contributed by atoms with Crippen molar-refractivity contribution in [2.75, 3.05) is 0 Å². The number of Topliss-reactive ketones (excluding diaryl/α,β-unsaturated/α-hetero) is 1. The predicted octanol–water partition coefficient (Wildman–Crippen LogP) is 2.91. The van der Waals surface area contributed by atoms with E-state index >= 15 is 0 Å². The lowest BCUT2D eigenvalue weighted by Crippen LogP contribution is -2.42. The van der Waals surface area contributed by atoms with E-state index < -0.39 is 18.1 Å². The molecule has 142 valence electrons. The summed E-state index contributed by atoms with van der Waals surface area (Å²) >= 11 is 0. The number of phenols is 1. The number of carbonyl (C=O) groups excluding carboxylic acids is 2. The number of carboxylic acids is 1. The van der Waals surface area contributed by atoms with Crippen molar-refractivity contribution in [3.8, 4) is 5.75 Å². The zero-order valence-electron chi connectivity index (χ0n) is 14.8. The van der Waals surface area contributed by atoms with Crippen molar-refractivity contribution < 1.29 is 29.3 Å². The number of nitrogens with one attached hydrogen (secondary N) is 1. The van der Waals surface area contributed by atoms with E-state index in [-0.39, 0.29) is 36.5 Å². The highest BCUT2D eigenvalue weighted by Crippen LogP contribution is 2.21. The van der Waals surface area contributed by atoms with Gasteiger partial charge >= 0.3 is 12.1 Å². The van der Waals surface area contributed by atoms with Gasteiger partial charge in [-0.05, 0) is 23.3 Å². The standard InChI is InChI=1S/C20H21NO6/c1-2-17(22)15-10-14(8-9-18(15)23)11-16(19(24)25)21-20(26)27-12-13-6-4-3-5-7-13/h3-10,16,23H,2,11-12H2,1H3,(H,21,26)(H,24,25)/t16-/m0/s1. The molecule has 27 heavy (non-hydrogen) atoms. The van der Waals surface area contributed by atoms with Crippen LogP contribution < -0.4 is 5.32 Å². The van der Waals surface area contributed by atoms with Crippen molar-refractivity contribution in [2.24, 2.45) is 0 Å². The van der Waals surface area contributed by atoms with Gasteiger partial charge in [0.25, 0.3) is 0 Å². The SMILES string of the molecule is CCC(=O)c1cc(C[C@H](NC(=O)OCc2ccccc2)C(=O)O)ccc1O. The second-order valence-corrected chi connectivity index (χ2v) is 5.93. The molecule has 0 saturated carbocycles. The first-order valence-corrected chi connectivity index (χ1v) is 8.45. The van der Waals surface area contributed by atoms with Crippen LogP contribution in [0.3, 0.4) is 0 Å². The van der Waals surface area contributed by atoms with E-state index in [1.807, 2.05) is 6.07 Å². The fraction of sp³-hybridized carbons (Fsp3) is 0.250. The van der Waals surface area contributed by atoms with Crippen LogP contribution in [0.4, 0.5) is 4.79 Å². The molecule has 7 nitrogen and oxygen atoms in total. The number of rotatable bonds is 8. The fourth-order valence-corrected chi connectivity index (χ4v) is 2.47. The number of hydrogen-bond acceptors (Lipinski definition) is 5. The maximum atomic E-state index is 11.9. The molecule has 0 heterocycles. The highest BCUT2D eigenvalue weighted by Gasteiger charge is 2.22. The molecular formula is C20H21NO6. The summed E-state index contributed by atoms with van der Waals surface area (Å²) in [4.78, 5) is 35.2. The zero-order valence-corrected chi connectivity index (χ0v) is 14.8. The Kier molecular flexibility index (Phi) is 6.93. The summed E-state index contributed by atoms with van der Waals surface area (Å²) < 4.78 is 5.04. The second kappa shape index (κ2) is 9.38. The predicted molar refractivity (Wildman–Crippen MR) is 97.6 cm³/mol. The van der Waals surface area contributed by atoms with E-state index in [2.05, 4.69) is 5.32 Å². The van der Waals surface area contributed by atoms with Gasteiger partial charge in [-0.3, -0.25) is 4.79 Å². The van der Waals surface area contributed by atoms with E-state index in [0.29, 0.717) is 5.56 Å². The number of phenolic OH excluding ortho intramolecular Hbond substituents is 1. The molecule has 3 N–H and O–H groups in total. The topological polar surface area (TPSA) is 113 Å². The number of amides is 1. The molecule has 0 aliphatic rings. The van der Waals surface area contributed by atoms with Crippen LogP contribution >= 0.6 is 0 Å². The Morgan fingerprint density at radius 3 is 2.41 bits per heavy atom. The average Bonchev–Trinajstić information content (AvgIpc) is 2.67. The summed E-state index contributed by atoms with van der Waals surface area (Å²) in [7, 11) is 0. The number of ketones is 1. The summed E-state index contributed by atoms with van der Waals surface area (Å²) in [5.41, 5.74) is 1.41. The van der Waals surface area contributed by atoms with E-state index in [9.17, 15) is 24.6 Å². The van der Waals surface area contributed by atoms with Gasteiger partial charge in [-0.1, -0.05) is 43.3 Å². The minimum absolute atomic E-state index is 0.0212. The summed E-state index contributed by atoms with van der Waals surface area (Å²) in [6.45, 7) is 1.69. The van der Waals surface area contributed by atoms with Crippen LogP contribution in [0.2, 0.25) is 0 Å². The van der Waals surface area contributed by atoms with Crippen LogP contribution in [0.15, 0.2) is 48.5 Å². The minimum atomic E-state index is -1.23. The molecule has 0 unspecified atom stereocenters. The number of benzene rings is 2. The summed E-state index contributed by atoms with van der Waals surface area (Å²) in [5.74, 6) is -1.65. The van der Waals surface area contributed by atoms with Gasteiger partial charge in [-0.15, -0.1) is 0 Å². The van der Waals surface area contributed by atoms with Gasteiger partial charge in [0.05, 0.1) is 5.56 Å². The normalized spacial score (nSPS) is 11.4. The molecule has 1 amide bonds. The van der Waals surface area contributed by atoms with Crippen LogP contribution in [0.25, 0.3) is 0 Å². The van der Waals surface area contributed by atoms with Crippen LogP contribution in [0.5, 0.6) is 5.75 Å². The summed E-state index contributed by atoms with van der Waals surface area (Å²) in [6, 6.07) is 12.1. The van der Waals surface area contributed by atoms with Crippen LogP contribution in [0.1, 0.15) is 34.8 Å². The number of carboxylic acid groups (broad SMARTS) is 1. The molecule has 1 atom stereocenters. The minimum Gasteiger partial charge on any atom is -0.507 e. The third-order valence-corrected chi connectivity index (χ3v) is 3.93. The number of hydrogen-bond donors (Lipinski definition) is 3. The Balaban J connectivity index is 2.02. The van der Waals surface area contributed by atoms with Crippen molar-refractivity contribution in [3.05, 3.63) is 65.2 Å². The van der Waals surface area contributed by atoms with E-state index in [1.54, 1.807) is 31.2 Å². The third-order valence-electron chi connectivity index (χ3n) is 3.93. The maximum absolute atomic E-state index is 11.9. The number of ether oxygens (including phenoxy) is 1. The van der Waals surface area contributed by atoms with Crippen LogP contribution in [-0.2, 0) is 22.6 Å². The first-order chi connectivity index (χ1) is 12.9. The molecule has 0 spiro atoms. The van der Waals surface area contributed by atoms with Gasteiger partial charge in [-0.25, -0.2) is 9.59 Å². The van der Waals surface area contributed by atoms with Gasteiger partial charge in [0.2, 0.25) is 0 Å². The molecule has 0 fully saturated rings. The fourth-order valence-electron chi connectivity index (χ4n) is 2.47.